The molecule has 2 aromatic carbocycles. The minimum atomic E-state index is -2.90. The van der Waals surface area contributed by atoms with Gasteiger partial charge in [0.1, 0.15) is 5.75 Å². The maximum atomic E-state index is 12.1. The molecule has 2 rings (SSSR count). The molecule has 26 heavy (non-hydrogen) atoms. The number of carbonyl (C=O) groups is 2. The van der Waals surface area contributed by atoms with E-state index in [2.05, 4.69) is 14.8 Å². The molecule has 0 spiro atoms. The van der Waals surface area contributed by atoms with Gasteiger partial charge >= 0.3 is 12.6 Å². The molecule has 1 amide bonds. The highest BCUT2D eigenvalue weighted by Gasteiger charge is 2.10. The number of benzene rings is 2. The van der Waals surface area contributed by atoms with Crippen molar-refractivity contribution in [1.29, 1.82) is 0 Å². The van der Waals surface area contributed by atoms with Crippen LogP contribution in [0.15, 0.2) is 48.5 Å². The van der Waals surface area contributed by atoms with Gasteiger partial charge in [-0.2, -0.15) is 8.78 Å². The number of hydrogen-bond donors (Lipinski definition) is 1. The second-order valence-electron chi connectivity index (χ2n) is 4.96. The highest BCUT2D eigenvalue weighted by atomic mass is 35.5. The van der Waals surface area contributed by atoms with Crippen LogP contribution in [0.3, 0.4) is 0 Å². The van der Waals surface area contributed by atoms with Crippen molar-refractivity contribution in [3.05, 3.63) is 64.7 Å². The summed E-state index contributed by atoms with van der Waals surface area (Å²) in [6, 6.07) is 10.1. The van der Waals surface area contributed by atoms with E-state index in [-0.39, 0.29) is 22.0 Å². The number of methoxy groups -OCH3 is 1. The molecule has 0 bridgehead atoms. The molecule has 1 N–H and O–H groups in total. The highest BCUT2D eigenvalue weighted by Crippen LogP contribution is 2.23. The first-order valence-electron chi connectivity index (χ1n) is 7.31. The van der Waals surface area contributed by atoms with Crippen LogP contribution in [-0.4, -0.2) is 25.6 Å². The Labute approximate surface area is 153 Å². The number of esters is 1. The van der Waals surface area contributed by atoms with Crippen molar-refractivity contribution in [2.45, 2.75) is 6.61 Å². The van der Waals surface area contributed by atoms with Crippen LogP contribution < -0.4 is 10.1 Å². The van der Waals surface area contributed by atoms with Gasteiger partial charge in [-0.1, -0.05) is 23.7 Å². The third-order valence-corrected chi connectivity index (χ3v) is 3.51. The van der Waals surface area contributed by atoms with Gasteiger partial charge < -0.3 is 14.8 Å². The van der Waals surface area contributed by atoms with Crippen molar-refractivity contribution < 1.29 is 27.8 Å². The van der Waals surface area contributed by atoms with Gasteiger partial charge in [0, 0.05) is 6.08 Å². The summed E-state index contributed by atoms with van der Waals surface area (Å²) < 4.78 is 33.0. The normalized spacial score (nSPS) is 10.8. The summed E-state index contributed by atoms with van der Waals surface area (Å²) in [4.78, 5) is 23.5. The summed E-state index contributed by atoms with van der Waals surface area (Å²) in [7, 11) is 1.25. The number of ether oxygens (including phenoxy) is 2. The molecule has 0 aromatic heterocycles. The zero-order chi connectivity index (χ0) is 19.1. The van der Waals surface area contributed by atoms with E-state index in [1.54, 1.807) is 0 Å². The van der Waals surface area contributed by atoms with E-state index in [9.17, 15) is 18.4 Å². The molecule has 0 atom stereocenters. The van der Waals surface area contributed by atoms with Crippen LogP contribution >= 0.6 is 11.6 Å². The minimum absolute atomic E-state index is 0.0213. The molecular formula is C18H14ClF2NO4. The van der Waals surface area contributed by atoms with Crippen LogP contribution in [0.25, 0.3) is 6.08 Å². The van der Waals surface area contributed by atoms with Crippen molar-refractivity contribution in [3.63, 3.8) is 0 Å². The summed E-state index contributed by atoms with van der Waals surface area (Å²) in [6.45, 7) is -2.90. The van der Waals surface area contributed by atoms with Gasteiger partial charge in [0.15, 0.2) is 0 Å². The molecule has 8 heteroatoms. The van der Waals surface area contributed by atoms with Gasteiger partial charge in [0.25, 0.3) is 0 Å². The van der Waals surface area contributed by atoms with Crippen molar-refractivity contribution in [3.8, 4) is 5.75 Å². The van der Waals surface area contributed by atoms with Crippen LogP contribution in [0.4, 0.5) is 14.5 Å². The lowest BCUT2D eigenvalue weighted by atomic mass is 10.2. The van der Waals surface area contributed by atoms with E-state index in [4.69, 9.17) is 11.6 Å². The first kappa shape index (κ1) is 19.4. The number of hydrogen-bond acceptors (Lipinski definition) is 4. The first-order valence-corrected chi connectivity index (χ1v) is 7.68. The summed E-state index contributed by atoms with van der Waals surface area (Å²) in [5.41, 5.74) is 1.10. The lowest BCUT2D eigenvalue weighted by Gasteiger charge is -2.07. The molecule has 0 aliphatic rings. The molecule has 2 aromatic rings. The lowest BCUT2D eigenvalue weighted by molar-refractivity contribution is -0.111. The third-order valence-electron chi connectivity index (χ3n) is 3.18. The van der Waals surface area contributed by atoms with Crippen LogP contribution in [0.2, 0.25) is 5.02 Å². The Morgan fingerprint density at radius 3 is 2.46 bits per heavy atom. The maximum Gasteiger partial charge on any atom is 0.387 e. The third kappa shape index (κ3) is 5.56. The molecule has 0 saturated carbocycles. The molecular weight excluding hydrogens is 368 g/mol. The number of alkyl halides is 2. The molecule has 5 nitrogen and oxygen atoms in total. The number of carbonyl (C=O) groups excluding carboxylic acids is 2. The van der Waals surface area contributed by atoms with Gasteiger partial charge in [0.2, 0.25) is 5.91 Å². The number of amides is 1. The highest BCUT2D eigenvalue weighted by molar-refractivity contribution is 6.34. The van der Waals surface area contributed by atoms with E-state index >= 15 is 0 Å². The van der Waals surface area contributed by atoms with E-state index in [0.717, 1.165) is 0 Å². The lowest BCUT2D eigenvalue weighted by Crippen LogP contribution is -2.09. The number of anilines is 1. The van der Waals surface area contributed by atoms with Crippen molar-refractivity contribution in [2.24, 2.45) is 0 Å². The Kier molecular flexibility index (Phi) is 6.68. The second kappa shape index (κ2) is 8.96. The van der Waals surface area contributed by atoms with Gasteiger partial charge in [-0.25, -0.2) is 4.79 Å². The largest absolute Gasteiger partial charge is 0.465 e. The van der Waals surface area contributed by atoms with Gasteiger partial charge in [0.05, 0.1) is 23.4 Å². The van der Waals surface area contributed by atoms with Crippen LogP contribution in [0.1, 0.15) is 15.9 Å². The fourth-order valence-electron chi connectivity index (χ4n) is 1.97. The average molecular weight is 382 g/mol. The Balaban J connectivity index is 2.04. The Hall–Kier alpha value is -2.93. The van der Waals surface area contributed by atoms with Gasteiger partial charge in [-0.3, -0.25) is 4.79 Å². The molecule has 0 unspecified atom stereocenters. The molecule has 0 fully saturated rings. The standard InChI is InChI=1S/C18H14ClF2NO4/c1-25-17(24)12-5-8-14(19)15(10-12)22-16(23)9-4-11-2-6-13(7-3-11)26-18(20)21/h2-10,18H,1H3,(H,22,23)/b9-4+. The number of rotatable bonds is 6. The fourth-order valence-corrected chi connectivity index (χ4v) is 2.14. The first-order chi connectivity index (χ1) is 12.4. The van der Waals surface area contributed by atoms with Crippen molar-refractivity contribution in [2.75, 3.05) is 12.4 Å². The molecule has 136 valence electrons. The van der Waals surface area contributed by atoms with Gasteiger partial charge in [-0.15, -0.1) is 0 Å². The zero-order valence-electron chi connectivity index (χ0n) is 13.5. The Morgan fingerprint density at radius 1 is 1.15 bits per heavy atom. The predicted molar refractivity (Wildman–Crippen MR) is 93.5 cm³/mol. The molecule has 0 radical (unpaired) electrons. The smallest absolute Gasteiger partial charge is 0.387 e. The molecule has 0 aliphatic carbocycles. The van der Waals surface area contributed by atoms with Crippen molar-refractivity contribution in [1.82, 2.24) is 0 Å². The topological polar surface area (TPSA) is 64.6 Å². The summed E-state index contributed by atoms with van der Waals surface area (Å²) in [6.07, 6.45) is 2.73. The number of nitrogens with one attached hydrogen (secondary N) is 1. The predicted octanol–water partition coefficient (Wildman–Crippen LogP) is 4.38. The minimum Gasteiger partial charge on any atom is -0.465 e. The molecule has 0 heterocycles. The summed E-state index contributed by atoms with van der Waals surface area (Å²) in [5, 5.41) is 2.81. The zero-order valence-corrected chi connectivity index (χ0v) is 14.3. The van der Waals surface area contributed by atoms with E-state index < -0.39 is 18.5 Å². The maximum absolute atomic E-state index is 12.1. The SMILES string of the molecule is COC(=O)c1ccc(Cl)c(NC(=O)/C=C/c2ccc(OC(F)F)cc2)c1. The summed E-state index contributed by atoms with van der Waals surface area (Å²) in [5.74, 6) is -1.02. The average Bonchev–Trinajstić information content (AvgIpc) is 2.62. The quantitative estimate of drug-likeness (QED) is 0.595. The van der Waals surface area contributed by atoms with Crippen molar-refractivity contribution >= 4 is 35.2 Å². The van der Waals surface area contributed by atoms with E-state index in [1.165, 1.54) is 61.7 Å². The second-order valence-corrected chi connectivity index (χ2v) is 5.36. The van der Waals surface area contributed by atoms with E-state index in [0.29, 0.717) is 5.56 Å². The monoisotopic (exact) mass is 381 g/mol. The summed E-state index contributed by atoms with van der Waals surface area (Å²) >= 11 is 6.00. The van der Waals surface area contributed by atoms with Crippen LogP contribution in [0, 0.1) is 0 Å². The van der Waals surface area contributed by atoms with Crippen LogP contribution in [0.5, 0.6) is 5.75 Å². The molecule has 0 aliphatic heterocycles. The Morgan fingerprint density at radius 2 is 1.85 bits per heavy atom. The Bertz CT molecular complexity index is 822. The van der Waals surface area contributed by atoms with E-state index in [1.807, 2.05) is 0 Å². The number of halogens is 3. The fraction of sp³-hybridized carbons (Fsp3) is 0.111. The molecule has 0 saturated heterocycles. The van der Waals surface area contributed by atoms with Crippen LogP contribution in [-0.2, 0) is 9.53 Å². The van der Waals surface area contributed by atoms with Gasteiger partial charge in [-0.05, 0) is 42.0 Å².